The van der Waals surface area contributed by atoms with E-state index in [2.05, 4.69) is 22.2 Å². The predicted octanol–water partition coefficient (Wildman–Crippen LogP) is 2.30. The van der Waals surface area contributed by atoms with Crippen molar-refractivity contribution in [2.45, 2.75) is 32.6 Å². The molecule has 0 aliphatic heterocycles. The van der Waals surface area contributed by atoms with Crippen molar-refractivity contribution in [2.24, 2.45) is 11.8 Å². The second-order valence-electron chi connectivity index (χ2n) is 4.71. The Bertz CT molecular complexity index is 340. The zero-order chi connectivity index (χ0) is 11.4. The number of nitrogens with two attached hydrogens (primary N) is 1. The lowest BCUT2D eigenvalue weighted by molar-refractivity contribution is 0.268. The Morgan fingerprint density at radius 3 is 3.00 bits per heavy atom. The summed E-state index contributed by atoms with van der Waals surface area (Å²) in [6.45, 7) is 3.30. The van der Waals surface area contributed by atoms with Crippen LogP contribution in [0.4, 0.5) is 11.8 Å². The molecule has 4 nitrogen and oxygen atoms in total. The molecule has 1 aliphatic carbocycles. The van der Waals surface area contributed by atoms with Crippen LogP contribution >= 0.6 is 0 Å². The Hall–Kier alpha value is -1.32. The number of nitrogens with zero attached hydrogens (tertiary/aromatic N) is 2. The second-order valence-corrected chi connectivity index (χ2v) is 4.71. The Balaban J connectivity index is 1.86. The first-order valence-electron chi connectivity index (χ1n) is 6.08. The maximum absolute atomic E-state index is 5.60. The fraction of sp³-hybridized carbons (Fsp3) is 0.667. The van der Waals surface area contributed by atoms with Gasteiger partial charge in [0.25, 0.3) is 0 Å². The van der Waals surface area contributed by atoms with Crippen LogP contribution < -0.4 is 11.1 Å². The molecular formula is C12H20N4. The number of rotatable bonds is 3. The first-order valence-corrected chi connectivity index (χ1v) is 6.08. The van der Waals surface area contributed by atoms with Crippen LogP contribution in [0.3, 0.4) is 0 Å². The first kappa shape index (κ1) is 11.2. The summed E-state index contributed by atoms with van der Waals surface area (Å²) in [5.74, 6) is 2.73. The number of nitrogen functional groups attached to an aromatic ring is 1. The largest absolute Gasteiger partial charge is 0.384 e. The van der Waals surface area contributed by atoms with Gasteiger partial charge in [0.05, 0.1) is 0 Å². The van der Waals surface area contributed by atoms with E-state index in [1.54, 1.807) is 12.3 Å². The number of hydrogen-bond donors (Lipinski definition) is 2. The number of aromatic nitrogens is 2. The SMILES string of the molecule is CC1CCCCC1CNc1nccc(N)n1. The highest BCUT2D eigenvalue weighted by Gasteiger charge is 2.20. The molecule has 2 rings (SSSR count). The molecule has 1 heterocycles. The summed E-state index contributed by atoms with van der Waals surface area (Å²) in [6.07, 6.45) is 7.09. The molecule has 3 N–H and O–H groups in total. The van der Waals surface area contributed by atoms with E-state index in [1.807, 2.05) is 0 Å². The Morgan fingerprint density at radius 1 is 1.44 bits per heavy atom. The Morgan fingerprint density at radius 2 is 2.25 bits per heavy atom. The molecule has 0 spiro atoms. The van der Waals surface area contributed by atoms with Gasteiger partial charge in [-0.2, -0.15) is 4.98 Å². The molecule has 1 aromatic rings. The van der Waals surface area contributed by atoms with Gasteiger partial charge in [-0.15, -0.1) is 0 Å². The predicted molar refractivity (Wildman–Crippen MR) is 66.1 cm³/mol. The zero-order valence-electron chi connectivity index (χ0n) is 9.82. The third-order valence-electron chi connectivity index (χ3n) is 3.49. The summed E-state index contributed by atoms with van der Waals surface area (Å²) in [6, 6.07) is 1.70. The van der Waals surface area contributed by atoms with E-state index in [4.69, 9.17) is 5.73 Å². The van der Waals surface area contributed by atoms with Gasteiger partial charge < -0.3 is 11.1 Å². The van der Waals surface area contributed by atoms with Gasteiger partial charge in [-0.05, 0) is 24.3 Å². The van der Waals surface area contributed by atoms with Crippen LogP contribution in [0, 0.1) is 11.8 Å². The topological polar surface area (TPSA) is 63.8 Å². The lowest BCUT2D eigenvalue weighted by Gasteiger charge is -2.28. The second kappa shape index (κ2) is 5.14. The lowest BCUT2D eigenvalue weighted by atomic mass is 9.80. The average molecular weight is 220 g/mol. The summed E-state index contributed by atoms with van der Waals surface area (Å²) >= 11 is 0. The summed E-state index contributed by atoms with van der Waals surface area (Å²) in [5, 5.41) is 3.28. The van der Waals surface area contributed by atoms with Crippen molar-refractivity contribution in [3.63, 3.8) is 0 Å². The van der Waals surface area contributed by atoms with E-state index < -0.39 is 0 Å². The highest BCUT2D eigenvalue weighted by atomic mass is 15.1. The molecule has 1 aliphatic rings. The molecule has 16 heavy (non-hydrogen) atoms. The highest BCUT2D eigenvalue weighted by Crippen LogP contribution is 2.29. The normalized spacial score (nSPS) is 25.3. The molecule has 1 saturated carbocycles. The molecule has 2 atom stereocenters. The van der Waals surface area contributed by atoms with Gasteiger partial charge in [0.15, 0.2) is 0 Å². The van der Waals surface area contributed by atoms with Crippen LogP contribution in [-0.4, -0.2) is 16.5 Å². The van der Waals surface area contributed by atoms with Gasteiger partial charge in [0, 0.05) is 12.7 Å². The quantitative estimate of drug-likeness (QED) is 0.820. The van der Waals surface area contributed by atoms with Crippen molar-refractivity contribution < 1.29 is 0 Å². The Kier molecular flexibility index (Phi) is 3.59. The van der Waals surface area contributed by atoms with E-state index in [0.717, 1.165) is 18.4 Å². The zero-order valence-corrected chi connectivity index (χ0v) is 9.82. The van der Waals surface area contributed by atoms with Gasteiger partial charge in [-0.1, -0.05) is 26.2 Å². The minimum atomic E-state index is 0.522. The van der Waals surface area contributed by atoms with Crippen LogP contribution in [0.1, 0.15) is 32.6 Å². The summed E-state index contributed by atoms with van der Waals surface area (Å²) in [4.78, 5) is 8.28. The highest BCUT2D eigenvalue weighted by molar-refractivity contribution is 5.34. The van der Waals surface area contributed by atoms with Crippen LogP contribution in [0.15, 0.2) is 12.3 Å². The molecule has 4 heteroatoms. The maximum atomic E-state index is 5.60. The average Bonchev–Trinajstić information content (AvgIpc) is 2.28. The van der Waals surface area contributed by atoms with Crippen LogP contribution in [0.25, 0.3) is 0 Å². The molecule has 2 unspecified atom stereocenters. The van der Waals surface area contributed by atoms with E-state index in [0.29, 0.717) is 11.8 Å². The standard InChI is InChI=1S/C12H20N4/c1-9-4-2-3-5-10(9)8-15-12-14-7-6-11(13)16-12/h6-7,9-10H,2-5,8H2,1H3,(H3,13,14,15,16). The van der Waals surface area contributed by atoms with Gasteiger partial charge in [0.2, 0.25) is 5.95 Å². The van der Waals surface area contributed by atoms with Crippen molar-refractivity contribution in [3.8, 4) is 0 Å². The van der Waals surface area contributed by atoms with Gasteiger partial charge in [-0.25, -0.2) is 4.98 Å². The van der Waals surface area contributed by atoms with E-state index in [9.17, 15) is 0 Å². The Labute approximate surface area is 96.7 Å². The van der Waals surface area contributed by atoms with Crippen LogP contribution in [0.5, 0.6) is 0 Å². The summed E-state index contributed by atoms with van der Waals surface area (Å²) in [7, 11) is 0. The van der Waals surface area contributed by atoms with E-state index in [1.165, 1.54) is 25.7 Å². The van der Waals surface area contributed by atoms with Crippen molar-refractivity contribution >= 4 is 11.8 Å². The molecule has 1 fully saturated rings. The molecule has 0 amide bonds. The summed E-state index contributed by atoms with van der Waals surface area (Å²) < 4.78 is 0. The van der Waals surface area contributed by atoms with E-state index >= 15 is 0 Å². The number of hydrogen-bond acceptors (Lipinski definition) is 4. The van der Waals surface area contributed by atoms with Crippen molar-refractivity contribution in [2.75, 3.05) is 17.6 Å². The minimum absolute atomic E-state index is 0.522. The molecule has 88 valence electrons. The molecule has 0 radical (unpaired) electrons. The molecule has 0 aromatic carbocycles. The fourth-order valence-corrected chi connectivity index (χ4v) is 2.38. The van der Waals surface area contributed by atoms with Crippen molar-refractivity contribution in [1.82, 2.24) is 9.97 Å². The number of anilines is 2. The maximum Gasteiger partial charge on any atom is 0.224 e. The van der Waals surface area contributed by atoms with Gasteiger partial charge in [0.1, 0.15) is 5.82 Å². The fourth-order valence-electron chi connectivity index (χ4n) is 2.38. The third kappa shape index (κ3) is 2.84. The summed E-state index contributed by atoms with van der Waals surface area (Å²) in [5.41, 5.74) is 5.60. The lowest BCUT2D eigenvalue weighted by Crippen LogP contribution is -2.25. The molecule has 1 aromatic heterocycles. The van der Waals surface area contributed by atoms with Crippen molar-refractivity contribution in [3.05, 3.63) is 12.3 Å². The van der Waals surface area contributed by atoms with Gasteiger partial charge in [-0.3, -0.25) is 0 Å². The van der Waals surface area contributed by atoms with Crippen LogP contribution in [0.2, 0.25) is 0 Å². The molecule has 0 bridgehead atoms. The molecule has 0 saturated heterocycles. The molecular weight excluding hydrogens is 200 g/mol. The first-order chi connectivity index (χ1) is 7.75. The van der Waals surface area contributed by atoms with Gasteiger partial charge >= 0.3 is 0 Å². The monoisotopic (exact) mass is 220 g/mol. The number of nitrogens with one attached hydrogen (secondary N) is 1. The minimum Gasteiger partial charge on any atom is -0.384 e. The van der Waals surface area contributed by atoms with E-state index in [-0.39, 0.29) is 0 Å². The third-order valence-corrected chi connectivity index (χ3v) is 3.49. The van der Waals surface area contributed by atoms with Crippen molar-refractivity contribution in [1.29, 1.82) is 0 Å². The van der Waals surface area contributed by atoms with Crippen LogP contribution in [-0.2, 0) is 0 Å². The smallest absolute Gasteiger partial charge is 0.224 e.